The van der Waals surface area contributed by atoms with E-state index in [2.05, 4.69) is 15.8 Å². The van der Waals surface area contributed by atoms with Crippen LogP contribution in [0.3, 0.4) is 0 Å². The van der Waals surface area contributed by atoms with Gasteiger partial charge in [-0.05, 0) is 18.2 Å². The Morgan fingerprint density at radius 2 is 1.79 bits per heavy atom. The molecule has 2 N–H and O–H groups in total. The summed E-state index contributed by atoms with van der Waals surface area (Å²) in [6, 6.07) is 16.7. The molecule has 0 fully saturated rings. The maximum absolute atomic E-state index is 11.8. The number of fused-ring (bicyclic) bond motifs is 1. The smallest absolute Gasteiger partial charge is 0.259 e. The van der Waals surface area contributed by atoms with Gasteiger partial charge in [0.2, 0.25) is 0 Å². The highest BCUT2D eigenvalue weighted by atomic mass is 32.1. The van der Waals surface area contributed by atoms with Crippen molar-refractivity contribution in [2.24, 2.45) is 5.10 Å². The number of benzene rings is 2. The van der Waals surface area contributed by atoms with Crippen LogP contribution in [0.4, 0.5) is 0 Å². The molecule has 0 bridgehead atoms. The maximum atomic E-state index is 11.8. The molecule has 0 saturated heterocycles. The van der Waals surface area contributed by atoms with E-state index in [1.165, 1.54) is 4.70 Å². The van der Waals surface area contributed by atoms with Gasteiger partial charge < -0.3 is 5.32 Å². The molecule has 0 unspecified atom stereocenters. The number of nitrogens with one attached hydrogen (secondary N) is 2. The highest BCUT2D eigenvalue weighted by molar-refractivity contribution is 7.17. The molecule has 0 aliphatic heterocycles. The lowest BCUT2D eigenvalue weighted by Gasteiger charge is -2.03. The predicted molar refractivity (Wildman–Crippen MR) is 96.3 cm³/mol. The molecule has 5 nitrogen and oxygen atoms in total. The van der Waals surface area contributed by atoms with Crippen molar-refractivity contribution in [2.45, 2.75) is 0 Å². The van der Waals surface area contributed by atoms with Crippen molar-refractivity contribution in [3.63, 3.8) is 0 Å². The molecule has 0 radical (unpaired) electrons. The van der Waals surface area contributed by atoms with Gasteiger partial charge in [0.05, 0.1) is 12.8 Å². The molecule has 0 spiro atoms. The number of hydrogen-bond donors (Lipinski definition) is 2. The van der Waals surface area contributed by atoms with E-state index in [0.717, 1.165) is 10.9 Å². The molecule has 6 heteroatoms. The molecule has 0 aliphatic carbocycles. The summed E-state index contributed by atoms with van der Waals surface area (Å²) in [4.78, 5) is 23.6. The van der Waals surface area contributed by atoms with Crippen molar-refractivity contribution in [3.05, 3.63) is 71.1 Å². The maximum Gasteiger partial charge on any atom is 0.259 e. The normalized spacial score (nSPS) is 10.8. The number of hydrazone groups is 1. The Hall–Kier alpha value is -2.99. The third kappa shape index (κ3) is 3.85. The molecule has 24 heavy (non-hydrogen) atoms. The highest BCUT2D eigenvalue weighted by Gasteiger charge is 2.06. The minimum absolute atomic E-state index is 0.130. The average Bonchev–Trinajstić information content (AvgIpc) is 3.04. The van der Waals surface area contributed by atoms with Gasteiger partial charge >= 0.3 is 0 Å². The van der Waals surface area contributed by atoms with Crippen LogP contribution >= 0.6 is 11.3 Å². The number of hydrogen-bond acceptors (Lipinski definition) is 4. The van der Waals surface area contributed by atoms with Crippen LogP contribution in [0.15, 0.2) is 65.1 Å². The van der Waals surface area contributed by atoms with Crippen LogP contribution in [-0.2, 0) is 4.79 Å². The van der Waals surface area contributed by atoms with E-state index < -0.39 is 0 Å². The summed E-state index contributed by atoms with van der Waals surface area (Å²) < 4.78 is 1.17. The molecule has 2 aromatic carbocycles. The van der Waals surface area contributed by atoms with Crippen LogP contribution in [0.2, 0.25) is 0 Å². The number of amides is 2. The van der Waals surface area contributed by atoms with Gasteiger partial charge in [-0.15, -0.1) is 11.3 Å². The summed E-state index contributed by atoms with van der Waals surface area (Å²) in [7, 11) is 0. The van der Waals surface area contributed by atoms with Gasteiger partial charge in [0.25, 0.3) is 11.8 Å². The zero-order valence-corrected chi connectivity index (χ0v) is 13.5. The van der Waals surface area contributed by atoms with E-state index in [1.54, 1.807) is 41.8 Å². The van der Waals surface area contributed by atoms with Crippen molar-refractivity contribution >= 4 is 39.5 Å². The van der Waals surface area contributed by atoms with Crippen molar-refractivity contribution in [2.75, 3.05) is 6.54 Å². The van der Waals surface area contributed by atoms with Gasteiger partial charge in [0, 0.05) is 26.6 Å². The average molecular weight is 337 g/mol. The summed E-state index contributed by atoms with van der Waals surface area (Å²) in [6.07, 6.45) is 1.61. The second-order valence-corrected chi connectivity index (χ2v) is 5.94. The minimum atomic E-state index is -0.380. The first-order chi connectivity index (χ1) is 11.7. The standard InChI is InChI=1S/C18H15N3O2S/c22-17(11-19-18(23)13-6-2-1-3-7-13)21-20-10-14-12-24-16-9-5-4-8-15(14)16/h1-10,12H,11H2,(H,19,23)(H,21,22)/b20-10+. The SMILES string of the molecule is O=C(CNC(=O)c1ccccc1)N/N=C/c1csc2ccccc12. The van der Waals surface area contributed by atoms with Crippen LogP contribution < -0.4 is 10.7 Å². The van der Waals surface area contributed by atoms with E-state index in [-0.39, 0.29) is 18.4 Å². The molecule has 3 rings (SSSR count). The number of thiophene rings is 1. The topological polar surface area (TPSA) is 70.6 Å². The van der Waals surface area contributed by atoms with Crippen molar-refractivity contribution in [1.82, 2.24) is 10.7 Å². The van der Waals surface area contributed by atoms with Gasteiger partial charge in [-0.2, -0.15) is 5.10 Å². The van der Waals surface area contributed by atoms with E-state index in [1.807, 2.05) is 35.7 Å². The molecule has 0 atom stereocenters. The monoisotopic (exact) mass is 337 g/mol. The molecular formula is C18H15N3O2S. The predicted octanol–water partition coefficient (Wildman–Crippen LogP) is 2.78. The molecule has 3 aromatic rings. The van der Waals surface area contributed by atoms with E-state index in [4.69, 9.17) is 0 Å². The Morgan fingerprint density at radius 1 is 1.04 bits per heavy atom. The first-order valence-electron chi connectivity index (χ1n) is 7.35. The molecule has 2 amide bonds. The Balaban J connectivity index is 1.51. The second-order valence-electron chi connectivity index (χ2n) is 5.03. The number of nitrogens with zero attached hydrogens (tertiary/aromatic N) is 1. The lowest BCUT2D eigenvalue weighted by molar-refractivity contribution is -0.120. The van der Waals surface area contributed by atoms with Gasteiger partial charge in [-0.1, -0.05) is 36.4 Å². The van der Waals surface area contributed by atoms with Crippen LogP contribution in [0, 0.1) is 0 Å². The fraction of sp³-hybridized carbons (Fsp3) is 0.0556. The summed E-state index contributed by atoms with van der Waals surface area (Å²) in [5.41, 5.74) is 3.87. The largest absolute Gasteiger partial charge is 0.343 e. The fourth-order valence-corrected chi connectivity index (χ4v) is 3.08. The molecule has 1 heterocycles. The van der Waals surface area contributed by atoms with Gasteiger partial charge in [0.1, 0.15) is 0 Å². The van der Waals surface area contributed by atoms with Crippen LogP contribution in [0.25, 0.3) is 10.1 Å². The lowest BCUT2D eigenvalue weighted by atomic mass is 10.2. The van der Waals surface area contributed by atoms with Crippen molar-refractivity contribution in [3.8, 4) is 0 Å². The zero-order chi connectivity index (χ0) is 16.8. The fourth-order valence-electron chi connectivity index (χ4n) is 2.16. The van der Waals surface area contributed by atoms with Crippen molar-refractivity contribution in [1.29, 1.82) is 0 Å². The molecule has 0 saturated carbocycles. The first-order valence-corrected chi connectivity index (χ1v) is 8.23. The summed E-state index contributed by atoms with van der Waals surface area (Å²) in [5.74, 6) is -0.673. The third-order valence-electron chi connectivity index (χ3n) is 3.35. The van der Waals surface area contributed by atoms with Gasteiger partial charge in [0.15, 0.2) is 0 Å². The first kappa shape index (κ1) is 15.9. The Morgan fingerprint density at radius 3 is 2.62 bits per heavy atom. The van der Waals surface area contributed by atoms with E-state index in [9.17, 15) is 9.59 Å². The Kier molecular flexibility index (Phi) is 4.98. The quantitative estimate of drug-likeness (QED) is 0.555. The molecule has 1 aromatic heterocycles. The molecule has 120 valence electrons. The van der Waals surface area contributed by atoms with Crippen LogP contribution in [-0.4, -0.2) is 24.6 Å². The van der Waals surface area contributed by atoms with Gasteiger partial charge in [-0.3, -0.25) is 9.59 Å². The number of carbonyl (C=O) groups excluding carboxylic acids is 2. The van der Waals surface area contributed by atoms with Gasteiger partial charge in [-0.25, -0.2) is 5.43 Å². The number of rotatable bonds is 5. The van der Waals surface area contributed by atoms with E-state index >= 15 is 0 Å². The van der Waals surface area contributed by atoms with E-state index in [0.29, 0.717) is 5.56 Å². The minimum Gasteiger partial charge on any atom is -0.343 e. The Bertz CT molecular complexity index is 887. The Labute approximate surface area is 143 Å². The molecular weight excluding hydrogens is 322 g/mol. The van der Waals surface area contributed by atoms with Crippen LogP contribution in [0.5, 0.6) is 0 Å². The zero-order valence-electron chi connectivity index (χ0n) is 12.7. The molecule has 0 aliphatic rings. The third-order valence-corrected chi connectivity index (χ3v) is 4.33. The lowest BCUT2D eigenvalue weighted by Crippen LogP contribution is -2.34. The van der Waals surface area contributed by atoms with Crippen molar-refractivity contribution < 1.29 is 9.59 Å². The number of carbonyl (C=O) groups is 2. The van der Waals surface area contributed by atoms with Crippen LogP contribution in [0.1, 0.15) is 15.9 Å². The summed E-state index contributed by atoms with van der Waals surface area (Å²) >= 11 is 1.62. The summed E-state index contributed by atoms with van der Waals surface area (Å²) in [5, 5.41) is 9.57. The highest BCUT2D eigenvalue weighted by Crippen LogP contribution is 2.23. The summed E-state index contributed by atoms with van der Waals surface area (Å²) in [6.45, 7) is -0.130. The second kappa shape index (κ2) is 7.52.